The Morgan fingerprint density at radius 1 is 1.50 bits per heavy atom. The van der Waals surface area contributed by atoms with Crippen molar-refractivity contribution in [2.24, 2.45) is 0 Å². The molecule has 4 heteroatoms. The lowest BCUT2D eigenvalue weighted by Gasteiger charge is -2.06. The van der Waals surface area contributed by atoms with Crippen molar-refractivity contribution in [1.29, 1.82) is 0 Å². The zero-order valence-electron chi connectivity index (χ0n) is 7.56. The second-order valence-corrected chi connectivity index (χ2v) is 3.81. The summed E-state index contributed by atoms with van der Waals surface area (Å²) in [5, 5.41) is 13.4. The van der Waals surface area contributed by atoms with E-state index in [0.717, 1.165) is 5.56 Å². The smallest absolute Gasteiger partial charge is 0.138 e. The number of hydrogen-bond donors (Lipinski definition) is 2. The second kappa shape index (κ2) is 5.25. The van der Waals surface area contributed by atoms with Gasteiger partial charge in [0.05, 0.1) is 5.02 Å². The summed E-state index contributed by atoms with van der Waals surface area (Å²) >= 11 is 11.3. The standard InChI is InChI=1S/C10H11Cl2NO/c1-7(11)5-13-6-8-3-2-4-9(12)10(8)14/h2-4,13-14H,1,5-6H2. The van der Waals surface area contributed by atoms with Gasteiger partial charge in [-0.15, -0.1) is 0 Å². The molecule has 2 nitrogen and oxygen atoms in total. The van der Waals surface area contributed by atoms with Gasteiger partial charge in [-0.2, -0.15) is 0 Å². The van der Waals surface area contributed by atoms with Crippen LogP contribution in [-0.2, 0) is 6.54 Å². The van der Waals surface area contributed by atoms with Crippen LogP contribution in [0.1, 0.15) is 5.56 Å². The van der Waals surface area contributed by atoms with Crippen LogP contribution in [0.25, 0.3) is 0 Å². The maximum absolute atomic E-state index is 9.54. The number of hydrogen-bond acceptors (Lipinski definition) is 2. The highest BCUT2D eigenvalue weighted by Gasteiger charge is 2.03. The molecule has 0 amide bonds. The minimum Gasteiger partial charge on any atom is -0.506 e. The van der Waals surface area contributed by atoms with Crippen molar-refractivity contribution in [1.82, 2.24) is 5.32 Å². The number of rotatable bonds is 4. The minimum absolute atomic E-state index is 0.113. The summed E-state index contributed by atoms with van der Waals surface area (Å²) in [6, 6.07) is 5.22. The molecule has 1 rings (SSSR count). The van der Waals surface area contributed by atoms with Crippen LogP contribution in [0.3, 0.4) is 0 Å². The van der Waals surface area contributed by atoms with Gasteiger partial charge in [-0.3, -0.25) is 0 Å². The summed E-state index contributed by atoms with van der Waals surface area (Å²) in [6.07, 6.45) is 0. The fraction of sp³-hybridized carbons (Fsp3) is 0.200. The van der Waals surface area contributed by atoms with E-state index >= 15 is 0 Å². The van der Waals surface area contributed by atoms with E-state index in [1.165, 1.54) is 0 Å². The fourth-order valence-electron chi connectivity index (χ4n) is 1.04. The normalized spacial score (nSPS) is 10.1. The summed E-state index contributed by atoms with van der Waals surface area (Å²) in [7, 11) is 0. The van der Waals surface area contributed by atoms with Gasteiger partial charge < -0.3 is 10.4 Å². The molecule has 0 aliphatic carbocycles. The number of phenolic OH excluding ortho intramolecular Hbond substituents is 1. The van der Waals surface area contributed by atoms with Crippen LogP contribution in [0.4, 0.5) is 0 Å². The van der Waals surface area contributed by atoms with Gasteiger partial charge in [0, 0.05) is 23.7 Å². The molecule has 0 aliphatic heterocycles. The third-order valence-electron chi connectivity index (χ3n) is 1.70. The number of nitrogens with one attached hydrogen (secondary N) is 1. The topological polar surface area (TPSA) is 32.3 Å². The maximum atomic E-state index is 9.54. The van der Waals surface area contributed by atoms with E-state index in [9.17, 15) is 5.11 Å². The lowest BCUT2D eigenvalue weighted by molar-refractivity contribution is 0.465. The monoisotopic (exact) mass is 231 g/mol. The van der Waals surface area contributed by atoms with Gasteiger partial charge in [-0.25, -0.2) is 0 Å². The molecule has 0 unspecified atom stereocenters. The molecular weight excluding hydrogens is 221 g/mol. The highest BCUT2D eigenvalue weighted by atomic mass is 35.5. The van der Waals surface area contributed by atoms with E-state index in [-0.39, 0.29) is 5.75 Å². The van der Waals surface area contributed by atoms with Gasteiger partial charge in [-0.1, -0.05) is 41.9 Å². The first-order valence-electron chi connectivity index (χ1n) is 4.11. The quantitative estimate of drug-likeness (QED) is 0.836. The van der Waals surface area contributed by atoms with Gasteiger partial charge in [0.25, 0.3) is 0 Å². The first-order valence-corrected chi connectivity index (χ1v) is 4.87. The second-order valence-electron chi connectivity index (χ2n) is 2.87. The lowest BCUT2D eigenvalue weighted by atomic mass is 10.2. The molecule has 0 fully saturated rings. The Morgan fingerprint density at radius 2 is 2.21 bits per heavy atom. The van der Waals surface area contributed by atoms with Crippen LogP contribution in [0.5, 0.6) is 5.75 Å². The van der Waals surface area contributed by atoms with Crippen molar-refractivity contribution in [3.05, 3.63) is 40.4 Å². The van der Waals surface area contributed by atoms with E-state index in [4.69, 9.17) is 23.2 Å². The fourth-order valence-corrected chi connectivity index (χ4v) is 1.32. The molecule has 1 aromatic carbocycles. The van der Waals surface area contributed by atoms with E-state index in [0.29, 0.717) is 23.1 Å². The van der Waals surface area contributed by atoms with Gasteiger partial charge in [0.15, 0.2) is 0 Å². The molecule has 14 heavy (non-hydrogen) atoms. The molecule has 0 saturated carbocycles. The molecule has 1 aromatic rings. The van der Waals surface area contributed by atoms with E-state index in [2.05, 4.69) is 11.9 Å². The van der Waals surface area contributed by atoms with Crippen LogP contribution in [0.2, 0.25) is 5.02 Å². The molecular formula is C10H11Cl2NO. The number of phenols is 1. The van der Waals surface area contributed by atoms with Gasteiger partial charge in [-0.05, 0) is 6.07 Å². The predicted molar refractivity (Wildman–Crippen MR) is 59.8 cm³/mol. The van der Waals surface area contributed by atoms with Gasteiger partial charge >= 0.3 is 0 Å². The Kier molecular flexibility index (Phi) is 4.26. The SMILES string of the molecule is C=C(Cl)CNCc1cccc(Cl)c1O. The predicted octanol–water partition coefficient (Wildman–Crippen LogP) is 2.89. The Bertz CT molecular complexity index is 339. The molecule has 0 spiro atoms. The van der Waals surface area contributed by atoms with Crippen molar-refractivity contribution < 1.29 is 5.11 Å². The summed E-state index contributed by atoms with van der Waals surface area (Å²) in [4.78, 5) is 0. The highest BCUT2D eigenvalue weighted by molar-refractivity contribution is 6.32. The Hall–Kier alpha value is -0.700. The molecule has 0 atom stereocenters. The van der Waals surface area contributed by atoms with Gasteiger partial charge in [0.1, 0.15) is 5.75 Å². The molecule has 0 radical (unpaired) electrons. The van der Waals surface area contributed by atoms with Crippen LogP contribution in [-0.4, -0.2) is 11.7 Å². The van der Waals surface area contributed by atoms with Crippen LogP contribution < -0.4 is 5.32 Å². The third kappa shape index (κ3) is 3.22. The van der Waals surface area contributed by atoms with Crippen LogP contribution >= 0.6 is 23.2 Å². The summed E-state index contributed by atoms with van der Waals surface area (Å²) in [6.45, 7) is 4.56. The average Bonchev–Trinajstić information content (AvgIpc) is 2.12. The van der Waals surface area contributed by atoms with Crippen molar-refractivity contribution >= 4 is 23.2 Å². The van der Waals surface area contributed by atoms with Crippen LogP contribution in [0.15, 0.2) is 29.8 Å². The molecule has 0 saturated heterocycles. The van der Waals surface area contributed by atoms with Gasteiger partial charge in [0.2, 0.25) is 0 Å². The van der Waals surface area contributed by atoms with Crippen molar-refractivity contribution in [2.45, 2.75) is 6.54 Å². The number of aromatic hydroxyl groups is 1. The summed E-state index contributed by atoms with van der Waals surface area (Å²) in [5.41, 5.74) is 0.746. The molecule has 0 aliphatic rings. The molecule has 2 N–H and O–H groups in total. The zero-order valence-corrected chi connectivity index (χ0v) is 9.07. The maximum Gasteiger partial charge on any atom is 0.138 e. The van der Waals surface area contributed by atoms with Crippen molar-refractivity contribution in [2.75, 3.05) is 6.54 Å². The average molecular weight is 232 g/mol. The van der Waals surface area contributed by atoms with Crippen molar-refractivity contribution in [3.8, 4) is 5.75 Å². The molecule has 0 bridgehead atoms. The third-order valence-corrected chi connectivity index (χ3v) is 2.14. The number of para-hydroxylation sites is 1. The Morgan fingerprint density at radius 3 is 2.86 bits per heavy atom. The Labute approximate surface area is 93.2 Å². The van der Waals surface area contributed by atoms with E-state index in [1.54, 1.807) is 18.2 Å². The van der Waals surface area contributed by atoms with E-state index < -0.39 is 0 Å². The molecule has 0 heterocycles. The highest BCUT2D eigenvalue weighted by Crippen LogP contribution is 2.26. The molecule has 76 valence electrons. The number of halogens is 2. The summed E-state index contributed by atoms with van der Waals surface area (Å²) < 4.78 is 0. The van der Waals surface area contributed by atoms with Crippen LogP contribution in [0, 0.1) is 0 Å². The first kappa shape index (κ1) is 11.4. The molecule has 0 aromatic heterocycles. The lowest BCUT2D eigenvalue weighted by Crippen LogP contribution is -2.14. The number of benzene rings is 1. The van der Waals surface area contributed by atoms with Crippen molar-refractivity contribution in [3.63, 3.8) is 0 Å². The summed E-state index contributed by atoms with van der Waals surface area (Å²) in [5.74, 6) is 0.113. The largest absolute Gasteiger partial charge is 0.506 e. The zero-order chi connectivity index (χ0) is 10.6. The van der Waals surface area contributed by atoms with E-state index in [1.807, 2.05) is 0 Å². The minimum atomic E-state index is 0.113. The Balaban J connectivity index is 2.59. The first-order chi connectivity index (χ1) is 6.61.